The van der Waals surface area contributed by atoms with Crippen molar-refractivity contribution in [2.75, 3.05) is 5.73 Å². The third-order valence-corrected chi connectivity index (χ3v) is 5.08. The second-order valence-corrected chi connectivity index (χ2v) is 6.79. The van der Waals surface area contributed by atoms with Crippen molar-refractivity contribution in [2.24, 2.45) is 0 Å². The highest BCUT2D eigenvalue weighted by Gasteiger charge is 2.18. The number of nitrogen functional groups attached to an aromatic ring is 1. The third-order valence-electron chi connectivity index (χ3n) is 5.08. The van der Waals surface area contributed by atoms with Gasteiger partial charge in [0.15, 0.2) is 0 Å². The highest BCUT2D eigenvalue weighted by atomic mass is 14.9. The van der Waals surface area contributed by atoms with Gasteiger partial charge in [0.1, 0.15) is 5.82 Å². The predicted octanol–water partition coefficient (Wildman–Crippen LogP) is 4.68. The molecule has 1 heterocycles. The zero-order chi connectivity index (χ0) is 17.1. The van der Waals surface area contributed by atoms with Crippen molar-refractivity contribution in [2.45, 2.75) is 72.1 Å². The van der Waals surface area contributed by atoms with E-state index in [1.165, 1.54) is 42.4 Å². The van der Waals surface area contributed by atoms with Crippen LogP contribution in [0.15, 0.2) is 12.1 Å². The van der Waals surface area contributed by atoms with E-state index in [4.69, 9.17) is 10.7 Å². The lowest BCUT2D eigenvalue weighted by atomic mass is 9.86. The molecule has 2 N–H and O–H groups in total. The summed E-state index contributed by atoms with van der Waals surface area (Å²) in [6.07, 6.45) is 8.96. The Morgan fingerprint density at radius 3 is 2.21 bits per heavy atom. The van der Waals surface area contributed by atoms with Gasteiger partial charge in [-0.05, 0) is 67.7 Å². The molecule has 0 bridgehead atoms. The molecule has 3 nitrogen and oxygen atoms in total. The maximum atomic E-state index is 6.09. The van der Waals surface area contributed by atoms with Gasteiger partial charge in [-0.15, -0.1) is 0 Å². The summed E-state index contributed by atoms with van der Waals surface area (Å²) in [4.78, 5) is 9.60. The first-order valence-corrected chi connectivity index (χ1v) is 9.48. The van der Waals surface area contributed by atoms with Crippen molar-refractivity contribution in [1.29, 1.82) is 0 Å². The average molecular weight is 323 g/mol. The van der Waals surface area contributed by atoms with Gasteiger partial charge in [-0.25, -0.2) is 9.97 Å². The van der Waals surface area contributed by atoms with Gasteiger partial charge >= 0.3 is 0 Å². The van der Waals surface area contributed by atoms with Crippen LogP contribution in [0.2, 0.25) is 0 Å². The molecule has 1 aromatic carbocycles. The number of nitrogens with two attached hydrogens (primary N) is 1. The predicted molar refractivity (Wildman–Crippen MR) is 101 cm³/mol. The number of aromatic nitrogens is 2. The van der Waals surface area contributed by atoms with Crippen LogP contribution >= 0.6 is 0 Å². The Morgan fingerprint density at radius 1 is 0.917 bits per heavy atom. The minimum absolute atomic E-state index is 0.591. The van der Waals surface area contributed by atoms with E-state index in [1.807, 2.05) is 0 Å². The number of aryl methyl sites for hydroxylation is 5. The van der Waals surface area contributed by atoms with E-state index in [0.29, 0.717) is 5.82 Å². The number of anilines is 1. The van der Waals surface area contributed by atoms with Crippen molar-refractivity contribution < 1.29 is 0 Å². The molecule has 0 radical (unpaired) electrons. The molecule has 0 atom stereocenters. The summed E-state index contributed by atoms with van der Waals surface area (Å²) >= 11 is 0. The van der Waals surface area contributed by atoms with E-state index in [-0.39, 0.29) is 0 Å². The second kappa shape index (κ2) is 7.33. The molecule has 1 aliphatic carbocycles. The van der Waals surface area contributed by atoms with Gasteiger partial charge in [-0.3, -0.25) is 0 Å². The van der Waals surface area contributed by atoms with Crippen LogP contribution in [0.4, 0.5) is 5.82 Å². The summed E-state index contributed by atoms with van der Waals surface area (Å²) in [6.45, 7) is 6.47. The number of hydrogen-bond acceptors (Lipinski definition) is 3. The zero-order valence-corrected chi connectivity index (χ0v) is 15.3. The van der Waals surface area contributed by atoms with Gasteiger partial charge in [0.05, 0.1) is 17.1 Å². The van der Waals surface area contributed by atoms with Crippen LogP contribution in [0, 0.1) is 0 Å². The van der Waals surface area contributed by atoms with Gasteiger partial charge in [0.2, 0.25) is 0 Å². The summed E-state index contributed by atoms with van der Waals surface area (Å²) in [5.74, 6) is 0.591. The van der Waals surface area contributed by atoms with Crippen LogP contribution in [0.25, 0.3) is 11.3 Å². The Kier molecular flexibility index (Phi) is 5.17. The molecule has 24 heavy (non-hydrogen) atoms. The summed E-state index contributed by atoms with van der Waals surface area (Å²) in [5.41, 5.74) is 14.9. The van der Waals surface area contributed by atoms with Gasteiger partial charge < -0.3 is 5.73 Å². The maximum absolute atomic E-state index is 6.09. The van der Waals surface area contributed by atoms with E-state index in [1.54, 1.807) is 5.56 Å². The molecule has 0 unspecified atom stereocenters. The minimum Gasteiger partial charge on any atom is -0.382 e. The van der Waals surface area contributed by atoms with Crippen molar-refractivity contribution in [3.05, 3.63) is 40.2 Å². The van der Waals surface area contributed by atoms with E-state index in [2.05, 4.69) is 37.9 Å². The zero-order valence-electron chi connectivity index (χ0n) is 15.3. The van der Waals surface area contributed by atoms with Crippen LogP contribution in [0.3, 0.4) is 0 Å². The molecule has 1 aliphatic rings. The van der Waals surface area contributed by atoms with Gasteiger partial charge in [0.25, 0.3) is 0 Å². The first-order valence-electron chi connectivity index (χ1n) is 9.48. The Labute approximate surface area is 145 Å². The Hall–Kier alpha value is -1.90. The van der Waals surface area contributed by atoms with Crippen molar-refractivity contribution in [3.8, 4) is 11.3 Å². The monoisotopic (exact) mass is 323 g/mol. The Morgan fingerprint density at radius 2 is 1.58 bits per heavy atom. The van der Waals surface area contributed by atoms with Crippen molar-refractivity contribution in [3.63, 3.8) is 0 Å². The minimum atomic E-state index is 0.591. The number of hydrogen-bond donors (Lipinski definition) is 1. The van der Waals surface area contributed by atoms with Crippen LogP contribution in [-0.2, 0) is 32.1 Å². The molecule has 0 saturated heterocycles. The van der Waals surface area contributed by atoms with E-state index in [0.717, 1.165) is 42.8 Å². The van der Waals surface area contributed by atoms with Gasteiger partial charge in [0, 0.05) is 5.56 Å². The number of rotatable bonds is 5. The Bertz CT molecular complexity index is 734. The normalized spacial score (nSPS) is 13.8. The van der Waals surface area contributed by atoms with Crippen LogP contribution < -0.4 is 5.73 Å². The summed E-state index contributed by atoms with van der Waals surface area (Å²) in [6, 6.07) is 4.84. The largest absolute Gasteiger partial charge is 0.382 e. The maximum Gasteiger partial charge on any atom is 0.145 e. The molecular weight excluding hydrogens is 294 g/mol. The van der Waals surface area contributed by atoms with Gasteiger partial charge in [-0.1, -0.05) is 33.3 Å². The lowest BCUT2D eigenvalue weighted by molar-refractivity contribution is 0.684. The average Bonchev–Trinajstić information content (AvgIpc) is 2.61. The topological polar surface area (TPSA) is 51.8 Å². The first kappa shape index (κ1) is 16.9. The first-order chi connectivity index (χ1) is 11.7. The molecule has 3 rings (SSSR count). The van der Waals surface area contributed by atoms with Crippen LogP contribution in [-0.4, -0.2) is 9.97 Å². The SMILES string of the molecule is CCCc1cc2c(cc1-c1nc(CC)c(N)nc1CC)CCCC2. The number of benzene rings is 1. The third kappa shape index (κ3) is 3.17. The molecule has 128 valence electrons. The lowest BCUT2D eigenvalue weighted by Gasteiger charge is -2.21. The van der Waals surface area contributed by atoms with Crippen LogP contribution in [0.5, 0.6) is 0 Å². The second-order valence-electron chi connectivity index (χ2n) is 6.79. The molecule has 1 aromatic heterocycles. The number of nitrogens with zero attached hydrogens (tertiary/aromatic N) is 2. The summed E-state index contributed by atoms with van der Waals surface area (Å²) < 4.78 is 0. The fraction of sp³-hybridized carbons (Fsp3) is 0.524. The van der Waals surface area contributed by atoms with Crippen LogP contribution in [0.1, 0.15) is 68.1 Å². The molecular formula is C21H29N3. The summed E-state index contributed by atoms with van der Waals surface area (Å²) in [7, 11) is 0. The van der Waals surface area contributed by atoms with E-state index >= 15 is 0 Å². The number of fused-ring (bicyclic) bond motifs is 1. The van der Waals surface area contributed by atoms with Crippen molar-refractivity contribution >= 4 is 5.82 Å². The van der Waals surface area contributed by atoms with Gasteiger partial charge in [-0.2, -0.15) is 0 Å². The van der Waals surface area contributed by atoms with E-state index in [9.17, 15) is 0 Å². The molecule has 0 aliphatic heterocycles. The Balaban J connectivity index is 2.20. The fourth-order valence-electron chi connectivity index (χ4n) is 3.78. The quantitative estimate of drug-likeness (QED) is 0.869. The molecule has 0 fully saturated rings. The molecule has 0 spiro atoms. The standard InChI is InChI=1S/C21H29N3/c1-4-9-16-12-14-10-7-8-11-15(14)13-17(16)20-18(5-2)24-21(22)19(6-3)23-20/h12-13H,4-11H2,1-3H3,(H2,22,24). The highest BCUT2D eigenvalue weighted by Crippen LogP contribution is 2.33. The molecule has 0 saturated carbocycles. The lowest BCUT2D eigenvalue weighted by Crippen LogP contribution is -2.09. The highest BCUT2D eigenvalue weighted by molar-refractivity contribution is 5.69. The van der Waals surface area contributed by atoms with E-state index < -0.39 is 0 Å². The molecule has 0 amide bonds. The van der Waals surface area contributed by atoms with Crippen molar-refractivity contribution in [1.82, 2.24) is 9.97 Å². The molecule has 3 heteroatoms. The smallest absolute Gasteiger partial charge is 0.145 e. The fourth-order valence-corrected chi connectivity index (χ4v) is 3.78. The molecule has 2 aromatic rings. The summed E-state index contributed by atoms with van der Waals surface area (Å²) in [5, 5.41) is 0.